The lowest BCUT2D eigenvalue weighted by Gasteiger charge is -2.32. The number of amides is 3. The molecule has 0 radical (unpaired) electrons. The molecule has 1 aromatic carbocycles. The molecule has 4 rings (SSSR count). The molecule has 2 aromatic rings. The zero-order valence-corrected chi connectivity index (χ0v) is 17.0. The highest BCUT2D eigenvalue weighted by molar-refractivity contribution is 5.93. The largest absolute Gasteiger partial charge is 0.497 e. The van der Waals surface area contributed by atoms with Gasteiger partial charge in [-0.05, 0) is 43.2 Å². The van der Waals surface area contributed by atoms with E-state index in [1.54, 1.807) is 30.3 Å². The first-order chi connectivity index (χ1) is 14.6. The molecule has 1 aliphatic heterocycles. The third-order valence-corrected chi connectivity index (χ3v) is 5.31. The maximum Gasteiger partial charge on any atom is 0.321 e. The van der Waals surface area contributed by atoms with Gasteiger partial charge in [-0.1, -0.05) is 0 Å². The van der Waals surface area contributed by atoms with Gasteiger partial charge in [-0.3, -0.25) is 4.79 Å². The number of benzene rings is 1. The normalized spacial score (nSPS) is 16.6. The van der Waals surface area contributed by atoms with Crippen molar-refractivity contribution in [2.24, 2.45) is 5.92 Å². The van der Waals surface area contributed by atoms with Gasteiger partial charge in [-0.25, -0.2) is 9.78 Å². The van der Waals surface area contributed by atoms with Crippen LogP contribution in [0.4, 0.5) is 16.2 Å². The van der Waals surface area contributed by atoms with Crippen LogP contribution in [0, 0.1) is 5.92 Å². The summed E-state index contributed by atoms with van der Waals surface area (Å²) in [7, 11) is 1.61. The summed E-state index contributed by atoms with van der Waals surface area (Å²) in [6, 6.07) is 10.7. The number of nitrogens with one attached hydrogen (secondary N) is 2. The van der Waals surface area contributed by atoms with E-state index in [2.05, 4.69) is 15.6 Å². The Hall–Kier alpha value is -3.29. The maximum absolute atomic E-state index is 12.5. The van der Waals surface area contributed by atoms with Crippen LogP contribution in [0.25, 0.3) is 0 Å². The molecule has 2 aliphatic rings. The average molecular weight is 410 g/mol. The number of urea groups is 1. The number of hydrogen-bond donors (Lipinski definition) is 2. The Morgan fingerprint density at radius 1 is 0.967 bits per heavy atom. The van der Waals surface area contributed by atoms with Crippen LogP contribution in [0.3, 0.4) is 0 Å². The summed E-state index contributed by atoms with van der Waals surface area (Å²) in [5.41, 5.74) is 1.42. The van der Waals surface area contributed by atoms with Gasteiger partial charge >= 0.3 is 6.03 Å². The highest BCUT2D eigenvalue weighted by Crippen LogP contribution is 2.30. The first-order valence-corrected chi connectivity index (χ1v) is 10.2. The van der Waals surface area contributed by atoms with Crippen molar-refractivity contribution in [3.05, 3.63) is 42.6 Å². The number of carbonyl (C=O) groups excluding carboxylic acids is 2. The van der Waals surface area contributed by atoms with Crippen molar-refractivity contribution in [2.45, 2.75) is 31.8 Å². The Labute approximate surface area is 175 Å². The lowest BCUT2D eigenvalue weighted by molar-refractivity contribution is -0.117. The molecule has 0 spiro atoms. The highest BCUT2D eigenvalue weighted by atomic mass is 16.5. The lowest BCUT2D eigenvalue weighted by Crippen LogP contribution is -2.43. The highest BCUT2D eigenvalue weighted by Gasteiger charge is 2.29. The summed E-state index contributed by atoms with van der Waals surface area (Å²) in [5.74, 6) is 1.50. The van der Waals surface area contributed by atoms with Crippen molar-refractivity contribution in [2.75, 3.05) is 30.8 Å². The average Bonchev–Trinajstić information content (AvgIpc) is 3.62. The van der Waals surface area contributed by atoms with Gasteiger partial charge in [0.15, 0.2) is 0 Å². The van der Waals surface area contributed by atoms with E-state index in [-0.39, 0.29) is 24.0 Å². The summed E-state index contributed by atoms with van der Waals surface area (Å²) in [6.07, 6.45) is 5.03. The summed E-state index contributed by atoms with van der Waals surface area (Å²) in [4.78, 5) is 30.3. The van der Waals surface area contributed by atoms with Crippen LogP contribution in [0.15, 0.2) is 42.6 Å². The van der Waals surface area contributed by atoms with Crippen LogP contribution < -0.4 is 20.1 Å². The van der Waals surface area contributed by atoms with Crippen molar-refractivity contribution in [3.8, 4) is 11.6 Å². The Bertz CT molecular complexity index is 873. The quantitative estimate of drug-likeness (QED) is 0.760. The van der Waals surface area contributed by atoms with Crippen LogP contribution in [0.1, 0.15) is 25.7 Å². The van der Waals surface area contributed by atoms with E-state index in [1.807, 2.05) is 24.3 Å². The minimum atomic E-state index is -0.118. The van der Waals surface area contributed by atoms with Gasteiger partial charge in [0.2, 0.25) is 11.8 Å². The van der Waals surface area contributed by atoms with E-state index < -0.39 is 0 Å². The fourth-order valence-corrected chi connectivity index (χ4v) is 3.34. The van der Waals surface area contributed by atoms with Gasteiger partial charge in [0.05, 0.1) is 19.0 Å². The number of nitrogens with zero attached hydrogens (tertiary/aromatic N) is 2. The maximum atomic E-state index is 12.5. The molecule has 1 aliphatic carbocycles. The van der Waals surface area contributed by atoms with Crippen LogP contribution in [-0.2, 0) is 4.79 Å². The number of aromatic nitrogens is 1. The topological polar surface area (TPSA) is 92.8 Å². The van der Waals surface area contributed by atoms with E-state index in [0.29, 0.717) is 24.7 Å². The van der Waals surface area contributed by atoms with Gasteiger partial charge in [-0.2, -0.15) is 0 Å². The van der Waals surface area contributed by atoms with E-state index in [9.17, 15) is 9.59 Å². The van der Waals surface area contributed by atoms with Gasteiger partial charge in [0.1, 0.15) is 11.9 Å². The third-order valence-electron chi connectivity index (χ3n) is 5.31. The number of pyridine rings is 1. The minimum Gasteiger partial charge on any atom is -0.497 e. The van der Waals surface area contributed by atoms with E-state index in [0.717, 1.165) is 37.1 Å². The number of piperidine rings is 1. The van der Waals surface area contributed by atoms with Crippen molar-refractivity contribution in [1.29, 1.82) is 0 Å². The number of carbonyl (C=O) groups is 2. The Morgan fingerprint density at radius 3 is 2.27 bits per heavy atom. The molecular formula is C22H26N4O4. The monoisotopic (exact) mass is 410 g/mol. The second-order valence-electron chi connectivity index (χ2n) is 7.61. The van der Waals surface area contributed by atoms with Gasteiger partial charge in [0, 0.05) is 43.6 Å². The smallest absolute Gasteiger partial charge is 0.321 e. The molecule has 0 unspecified atom stereocenters. The first kappa shape index (κ1) is 20.0. The zero-order valence-electron chi connectivity index (χ0n) is 17.0. The van der Waals surface area contributed by atoms with Gasteiger partial charge in [-0.15, -0.1) is 0 Å². The molecule has 3 amide bonds. The second kappa shape index (κ2) is 9.02. The molecule has 30 heavy (non-hydrogen) atoms. The van der Waals surface area contributed by atoms with Crippen molar-refractivity contribution in [1.82, 2.24) is 9.88 Å². The Morgan fingerprint density at radius 2 is 1.67 bits per heavy atom. The molecule has 0 bridgehead atoms. The number of hydrogen-bond acceptors (Lipinski definition) is 5. The van der Waals surface area contributed by atoms with Gasteiger partial charge in [0.25, 0.3) is 0 Å². The van der Waals surface area contributed by atoms with Crippen molar-refractivity contribution < 1.29 is 19.1 Å². The standard InChI is InChI=1S/C22H26N4O4/c1-29-18-7-4-16(5-8-18)25-22(28)26-12-10-19(11-13-26)30-20-9-6-17(14-23-20)24-21(27)15-2-3-15/h4-9,14-15,19H,2-3,10-13H2,1H3,(H,24,27)(H,25,28). The molecule has 2 heterocycles. The number of anilines is 2. The molecule has 1 saturated carbocycles. The SMILES string of the molecule is COc1ccc(NC(=O)N2CCC(Oc3ccc(NC(=O)C4CC4)cn3)CC2)cc1. The van der Waals surface area contributed by atoms with E-state index in [1.165, 1.54) is 0 Å². The van der Waals surface area contributed by atoms with Crippen molar-refractivity contribution in [3.63, 3.8) is 0 Å². The molecule has 1 saturated heterocycles. The molecule has 8 heteroatoms. The lowest BCUT2D eigenvalue weighted by atomic mass is 10.1. The summed E-state index contributed by atoms with van der Waals surface area (Å²) >= 11 is 0. The molecule has 0 atom stereocenters. The predicted molar refractivity (Wildman–Crippen MR) is 113 cm³/mol. The van der Waals surface area contributed by atoms with Crippen molar-refractivity contribution >= 4 is 23.3 Å². The van der Waals surface area contributed by atoms with Crippen LogP contribution in [0.2, 0.25) is 0 Å². The molecule has 8 nitrogen and oxygen atoms in total. The van der Waals surface area contributed by atoms with Crippen LogP contribution >= 0.6 is 0 Å². The second-order valence-corrected chi connectivity index (χ2v) is 7.61. The molecule has 2 fully saturated rings. The van der Waals surface area contributed by atoms with E-state index >= 15 is 0 Å². The fourth-order valence-electron chi connectivity index (χ4n) is 3.34. The van der Waals surface area contributed by atoms with Crippen LogP contribution in [0.5, 0.6) is 11.6 Å². The summed E-state index contributed by atoms with van der Waals surface area (Å²) in [5, 5.41) is 5.77. The molecule has 1 aromatic heterocycles. The Balaban J connectivity index is 1.22. The molecule has 158 valence electrons. The number of likely N-dealkylation sites (tertiary alicyclic amines) is 1. The molecular weight excluding hydrogens is 384 g/mol. The third kappa shape index (κ3) is 5.20. The number of methoxy groups -OCH3 is 1. The first-order valence-electron chi connectivity index (χ1n) is 10.2. The van der Waals surface area contributed by atoms with Gasteiger partial charge < -0.3 is 25.0 Å². The predicted octanol–water partition coefficient (Wildman–Crippen LogP) is 3.51. The Kier molecular flexibility index (Phi) is 6.02. The summed E-state index contributed by atoms with van der Waals surface area (Å²) < 4.78 is 11.1. The zero-order chi connectivity index (χ0) is 20.9. The minimum absolute atomic E-state index is 0.00874. The number of ether oxygens (including phenoxy) is 2. The summed E-state index contributed by atoms with van der Waals surface area (Å²) in [6.45, 7) is 1.23. The molecule has 2 N–H and O–H groups in total. The van der Waals surface area contributed by atoms with Crippen LogP contribution in [-0.4, -0.2) is 48.1 Å². The fraction of sp³-hybridized carbons (Fsp3) is 0.409. The number of rotatable bonds is 6. The van der Waals surface area contributed by atoms with E-state index in [4.69, 9.17) is 9.47 Å².